The van der Waals surface area contributed by atoms with Crippen molar-refractivity contribution >= 4 is 17.3 Å². The van der Waals surface area contributed by atoms with Crippen LogP contribution >= 0.6 is 0 Å². The molecule has 1 N–H and O–H groups in total. The lowest BCUT2D eigenvalue weighted by atomic mass is 10.0. The molecule has 2 unspecified atom stereocenters. The van der Waals surface area contributed by atoms with Gasteiger partial charge < -0.3 is 10.2 Å². The third kappa shape index (κ3) is 3.28. The van der Waals surface area contributed by atoms with Crippen LogP contribution in [0.3, 0.4) is 0 Å². The first-order chi connectivity index (χ1) is 9.11. The van der Waals surface area contributed by atoms with Gasteiger partial charge in [-0.3, -0.25) is 4.79 Å². The Labute approximate surface area is 116 Å². The Hall–Kier alpha value is -1.51. The lowest BCUT2D eigenvalue weighted by Gasteiger charge is -2.22. The van der Waals surface area contributed by atoms with Crippen LogP contribution in [0.5, 0.6) is 0 Å². The van der Waals surface area contributed by atoms with Gasteiger partial charge in [-0.2, -0.15) is 0 Å². The van der Waals surface area contributed by atoms with Crippen LogP contribution in [0, 0.1) is 5.92 Å². The summed E-state index contributed by atoms with van der Waals surface area (Å²) in [5.74, 6) is 0.897. The molecule has 1 amide bonds. The number of hydrogen-bond donors (Lipinski definition) is 1. The van der Waals surface area contributed by atoms with Gasteiger partial charge in [0.15, 0.2) is 0 Å². The Balaban J connectivity index is 2.00. The molecular formula is C16H24N2O. The highest BCUT2D eigenvalue weighted by molar-refractivity contribution is 5.95. The van der Waals surface area contributed by atoms with Crippen LogP contribution in [0.25, 0.3) is 0 Å². The van der Waals surface area contributed by atoms with Gasteiger partial charge in [0.2, 0.25) is 5.91 Å². The second-order valence-electron chi connectivity index (χ2n) is 5.51. The molecule has 1 heterocycles. The molecule has 1 aliphatic rings. The van der Waals surface area contributed by atoms with Crippen molar-refractivity contribution in [1.82, 2.24) is 0 Å². The van der Waals surface area contributed by atoms with Gasteiger partial charge in [0.1, 0.15) is 0 Å². The van der Waals surface area contributed by atoms with Crippen LogP contribution in [0.15, 0.2) is 24.3 Å². The molecule has 3 nitrogen and oxygen atoms in total. The van der Waals surface area contributed by atoms with Crippen molar-refractivity contribution in [2.45, 2.75) is 46.1 Å². The molecule has 2 rings (SSSR count). The van der Waals surface area contributed by atoms with Gasteiger partial charge in [-0.1, -0.05) is 20.3 Å². The van der Waals surface area contributed by atoms with E-state index in [1.165, 1.54) is 6.42 Å². The maximum absolute atomic E-state index is 11.7. The highest BCUT2D eigenvalue weighted by Crippen LogP contribution is 2.24. The molecule has 0 aromatic heterocycles. The normalized spacial score (nSPS) is 18.5. The van der Waals surface area contributed by atoms with E-state index in [2.05, 4.69) is 38.2 Å². The lowest BCUT2D eigenvalue weighted by molar-refractivity contribution is -0.117. The van der Waals surface area contributed by atoms with E-state index in [1.54, 1.807) is 0 Å². The SMILES string of the molecule is CCC(C)C(C)Nc1ccc(N2CCCC2=O)cc1. The van der Waals surface area contributed by atoms with Gasteiger partial charge in [0.25, 0.3) is 0 Å². The first-order valence-corrected chi connectivity index (χ1v) is 7.28. The predicted molar refractivity (Wildman–Crippen MR) is 80.6 cm³/mol. The Bertz CT molecular complexity index is 427. The Kier molecular flexibility index (Phi) is 4.46. The fourth-order valence-corrected chi connectivity index (χ4v) is 2.42. The zero-order valence-electron chi connectivity index (χ0n) is 12.1. The number of rotatable bonds is 5. The maximum Gasteiger partial charge on any atom is 0.227 e. The smallest absolute Gasteiger partial charge is 0.227 e. The summed E-state index contributed by atoms with van der Waals surface area (Å²) in [6, 6.07) is 8.67. The maximum atomic E-state index is 11.7. The summed E-state index contributed by atoms with van der Waals surface area (Å²) in [5.41, 5.74) is 2.15. The molecule has 0 bridgehead atoms. The van der Waals surface area contributed by atoms with Crippen molar-refractivity contribution in [3.05, 3.63) is 24.3 Å². The highest BCUT2D eigenvalue weighted by atomic mass is 16.2. The molecule has 104 valence electrons. The number of anilines is 2. The summed E-state index contributed by atoms with van der Waals surface area (Å²) in [4.78, 5) is 13.6. The molecule has 1 saturated heterocycles. The average Bonchev–Trinajstić information content (AvgIpc) is 2.85. The van der Waals surface area contributed by atoms with Crippen LogP contribution in [0.1, 0.15) is 40.0 Å². The van der Waals surface area contributed by atoms with E-state index >= 15 is 0 Å². The van der Waals surface area contributed by atoms with Crippen molar-refractivity contribution < 1.29 is 4.79 Å². The molecule has 0 radical (unpaired) electrons. The van der Waals surface area contributed by atoms with E-state index in [9.17, 15) is 4.79 Å². The van der Waals surface area contributed by atoms with E-state index in [1.807, 2.05) is 17.0 Å². The zero-order chi connectivity index (χ0) is 13.8. The van der Waals surface area contributed by atoms with E-state index in [4.69, 9.17) is 0 Å². The summed E-state index contributed by atoms with van der Waals surface area (Å²) in [6.07, 6.45) is 2.84. The monoisotopic (exact) mass is 260 g/mol. The van der Waals surface area contributed by atoms with Crippen molar-refractivity contribution in [3.63, 3.8) is 0 Å². The summed E-state index contributed by atoms with van der Waals surface area (Å²) < 4.78 is 0. The van der Waals surface area contributed by atoms with Crippen molar-refractivity contribution in [3.8, 4) is 0 Å². The number of benzene rings is 1. The van der Waals surface area contributed by atoms with Crippen LogP contribution in [-0.4, -0.2) is 18.5 Å². The van der Waals surface area contributed by atoms with Gasteiger partial charge in [-0.05, 0) is 43.5 Å². The van der Waals surface area contributed by atoms with Gasteiger partial charge in [0.05, 0.1) is 0 Å². The largest absolute Gasteiger partial charge is 0.382 e. The summed E-state index contributed by atoms with van der Waals surface area (Å²) in [5, 5.41) is 3.52. The Morgan fingerprint density at radius 3 is 2.47 bits per heavy atom. The second kappa shape index (κ2) is 6.09. The molecule has 1 aromatic rings. The molecule has 0 spiro atoms. The van der Waals surface area contributed by atoms with Gasteiger partial charge >= 0.3 is 0 Å². The van der Waals surface area contributed by atoms with Gasteiger partial charge in [-0.15, -0.1) is 0 Å². The van der Waals surface area contributed by atoms with Crippen LogP contribution < -0.4 is 10.2 Å². The topological polar surface area (TPSA) is 32.3 Å². The van der Waals surface area contributed by atoms with Crippen molar-refractivity contribution in [1.29, 1.82) is 0 Å². The van der Waals surface area contributed by atoms with Gasteiger partial charge in [-0.25, -0.2) is 0 Å². The van der Waals surface area contributed by atoms with Crippen LogP contribution in [-0.2, 0) is 4.79 Å². The number of carbonyl (C=O) groups excluding carboxylic acids is 1. The molecule has 1 fully saturated rings. The Morgan fingerprint density at radius 1 is 1.26 bits per heavy atom. The fourth-order valence-electron chi connectivity index (χ4n) is 2.42. The van der Waals surface area contributed by atoms with E-state index in [-0.39, 0.29) is 5.91 Å². The van der Waals surface area contributed by atoms with E-state index < -0.39 is 0 Å². The number of nitrogens with one attached hydrogen (secondary N) is 1. The summed E-state index contributed by atoms with van der Waals surface area (Å²) >= 11 is 0. The number of hydrogen-bond acceptors (Lipinski definition) is 2. The molecule has 0 aliphatic carbocycles. The lowest BCUT2D eigenvalue weighted by Crippen LogP contribution is -2.24. The average molecular weight is 260 g/mol. The molecule has 1 aliphatic heterocycles. The molecule has 3 heteroatoms. The molecule has 19 heavy (non-hydrogen) atoms. The Morgan fingerprint density at radius 2 is 1.95 bits per heavy atom. The van der Waals surface area contributed by atoms with Gasteiger partial charge in [0, 0.05) is 30.4 Å². The van der Waals surface area contributed by atoms with Crippen molar-refractivity contribution in [2.75, 3.05) is 16.8 Å². The predicted octanol–water partition coefficient (Wildman–Crippen LogP) is 3.66. The third-order valence-electron chi connectivity index (χ3n) is 4.14. The van der Waals surface area contributed by atoms with E-state index in [0.29, 0.717) is 18.4 Å². The number of nitrogens with zero attached hydrogens (tertiary/aromatic N) is 1. The quantitative estimate of drug-likeness (QED) is 0.876. The summed E-state index contributed by atoms with van der Waals surface area (Å²) in [6.45, 7) is 7.54. The third-order valence-corrected chi connectivity index (χ3v) is 4.14. The van der Waals surface area contributed by atoms with E-state index in [0.717, 1.165) is 24.3 Å². The van der Waals surface area contributed by atoms with Crippen LogP contribution in [0.4, 0.5) is 11.4 Å². The zero-order valence-corrected chi connectivity index (χ0v) is 12.1. The standard InChI is InChI=1S/C16H24N2O/c1-4-12(2)13(3)17-14-7-9-15(10-8-14)18-11-5-6-16(18)19/h7-10,12-13,17H,4-6,11H2,1-3H3. The van der Waals surface area contributed by atoms with Crippen LogP contribution in [0.2, 0.25) is 0 Å². The van der Waals surface area contributed by atoms with Crippen molar-refractivity contribution in [2.24, 2.45) is 5.92 Å². The second-order valence-corrected chi connectivity index (χ2v) is 5.51. The first-order valence-electron chi connectivity index (χ1n) is 7.28. The number of amides is 1. The number of carbonyl (C=O) groups is 1. The molecule has 2 atom stereocenters. The minimum absolute atomic E-state index is 0.244. The minimum atomic E-state index is 0.244. The fraction of sp³-hybridized carbons (Fsp3) is 0.562. The highest BCUT2D eigenvalue weighted by Gasteiger charge is 2.21. The summed E-state index contributed by atoms with van der Waals surface area (Å²) in [7, 11) is 0. The molecule has 0 saturated carbocycles. The molecular weight excluding hydrogens is 236 g/mol. The first kappa shape index (κ1) is 13.9. The molecule has 1 aromatic carbocycles. The minimum Gasteiger partial charge on any atom is -0.382 e.